The van der Waals surface area contributed by atoms with Crippen LogP contribution in [0.2, 0.25) is 0 Å². The molecule has 0 unspecified atom stereocenters. The number of nitrogens with one attached hydrogen (secondary N) is 1. The molecule has 0 radical (unpaired) electrons. The van der Waals surface area contributed by atoms with E-state index in [0.29, 0.717) is 6.42 Å². The van der Waals surface area contributed by atoms with Gasteiger partial charge in [0.25, 0.3) is 0 Å². The van der Waals surface area contributed by atoms with Crippen molar-refractivity contribution in [3.05, 3.63) is 58.4 Å². The molecule has 0 amide bonds. The van der Waals surface area contributed by atoms with E-state index in [1.807, 2.05) is 30.5 Å². The Hall–Kier alpha value is -2.10. The number of benzene rings is 1. The Kier molecular flexibility index (Phi) is 2.49. The minimum Gasteiger partial charge on any atom is -0.361 e. The number of nitro groups is 1. The first kappa shape index (κ1) is 9.45. The van der Waals surface area contributed by atoms with Gasteiger partial charge in [-0.15, -0.1) is 0 Å². The average Bonchev–Trinajstić information content (AvgIpc) is 2.62. The largest absolute Gasteiger partial charge is 0.361 e. The van der Waals surface area contributed by atoms with Crippen molar-refractivity contribution in [2.24, 2.45) is 0 Å². The van der Waals surface area contributed by atoms with Crippen LogP contribution in [-0.2, 0) is 6.42 Å². The Morgan fingerprint density at radius 2 is 2.20 bits per heavy atom. The van der Waals surface area contributed by atoms with Crippen LogP contribution < -0.4 is 0 Å². The topological polar surface area (TPSA) is 58.9 Å². The smallest absolute Gasteiger partial charge is 0.230 e. The average molecular weight is 202 g/mol. The first-order chi connectivity index (χ1) is 7.27. The van der Waals surface area contributed by atoms with Crippen LogP contribution in [0, 0.1) is 10.1 Å². The van der Waals surface area contributed by atoms with Crippen molar-refractivity contribution in [1.29, 1.82) is 0 Å². The summed E-state index contributed by atoms with van der Waals surface area (Å²) in [4.78, 5) is 12.8. The summed E-state index contributed by atoms with van der Waals surface area (Å²) in [7, 11) is 0. The third-order valence-electron chi connectivity index (χ3n) is 2.24. The number of nitrogens with zero attached hydrogens (tertiary/aromatic N) is 1. The van der Waals surface area contributed by atoms with E-state index < -0.39 is 4.92 Å². The van der Waals surface area contributed by atoms with E-state index in [4.69, 9.17) is 0 Å². The Balaban J connectivity index is 2.25. The fourth-order valence-electron chi connectivity index (χ4n) is 1.57. The standard InChI is InChI=1S/C11H10N2O2/c14-13(15)7-3-4-9-8-12-11-6-2-1-5-10(9)11/h1-3,5-8,12H,4H2/b7-3+. The van der Waals surface area contributed by atoms with Gasteiger partial charge in [0.05, 0.1) is 4.92 Å². The molecule has 0 spiro atoms. The van der Waals surface area contributed by atoms with Crippen molar-refractivity contribution in [3.8, 4) is 0 Å². The molecule has 0 saturated heterocycles. The lowest BCUT2D eigenvalue weighted by atomic mass is 10.1. The van der Waals surface area contributed by atoms with Crippen LogP contribution in [0.3, 0.4) is 0 Å². The molecule has 2 rings (SSSR count). The fourth-order valence-corrected chi connectivity index (χ4v) is 1.57. The van der Waals surface area contributed by atoms with Crippen LogP contribution in [-0.4, -0.2) is 9.91 Å². The summed E-state index contributed by atoms with van der Waals surface area (Å²) in [5.74, 6) is 0. The van der Waals surface area contributed by atoms with Crippen molar-refractivity contribution in [1.82, 2.24) is 4.98 Å². The maximum absolute atomic E-state index is 10.1. The van der Waals surface area contributed by atoms with Crippen molar-refractivity contribution in [2.75, 3.05) is 0 Å². The molecule has 0 fully saturated rings. The summed E-state index contributed by atoms with van der Waals surface area (Å²) in [5.41, 5.74) is 2.13. The molecular weight excluding hydrogens is 192 g/mol. The SMILES string of the molecule is O=[N+]([O-])/C=C/Cc1c[nH]c2ccccc12. The second-order valence-corrected chi connectivity index (χ2v) is 3.23. The Bertz CT molecular complexity index is 514. The van der Waals surface area contributed by atoms with Crippen LogP contribution in [0.15, 0.2) is 42.7 Å². The molecule has 76 valence electrons. The lowest BCUT2D eigenvalue weighted by Crippen LogP contribution is -1.84. The molecule has 1 N–H and O–H groups in total. The highest BCUT2D eigenvalue weighted by Crippen LogP contribution is 2.18. The van der Waals surface area contributed by atoms with E-state index in [0.717, 1.165) is 22.7 Å². The normalized spacial score (nSPS) is 11.2. The number of aromatic amines is 1. The molecule has 0 aliphatic heterocycles. The number of fused-ring (bicyclic) bond motifs is 1. The number of allylic oxidation sites excluding steroid dienone is 1. The van der Waals surface area contributed by atoms with Crippen molar-refractivity contribution in [2.45, 2.75) is 6.42 Å². The lowest BCUT2D eigenvalue weighted by molar-refractivity contribution is -0.402. The maximum atomic E-state index is 10.1. The van der Waals surface area contributed by atoms with Gasteiger partial charge in [-0.2, -0.15) is 0 Å². The van der Waals surface area contributed by atoms with Crippen molar-refractivity contribution < 1.29 is 4.92 Å². The summed E-state index contributed by atoms with van der Waals surface area (Å²) in [6.07, 6.45) is 4.98. The second kappa shape index (κ2) is 3.96. The molecule has 1 aromatic heterocycles. The summed E-state index contributed by atoms with van der Waals surface area (Å²) < 4.78 is 0. The predicted molar refractivity (Wildman–Crippen MR) is 58.1 cm³/mol. The van der Waals surface area contributed by atoms with Gasteiger partial charge in [0, 0.05) is 17.1 Å². The summed E-state index contributed by atoms with van der Waals surface area (Å²) in [5, 5.41) is 11.2. The van der Waals surface area contributed by atoms with Crippen LogP contribution in [0.25, 0.3) is 10.9 Å². The Morgan fingerprint density at radius 3 is 3.00 bits per heavy atom. The van der Waals surface area contributed by atoms with Crippen LogP contribution in [0.1, 0.15) is 5.56 Å². The van der Waals surface area contributed by atoms with Crippen LogP contribution in [0.5, 0.6) is 0 Å². The van der Waals surface area contributed by atoms with Gasteiger partial charge >= 0.3 is 0 Å². The van der Waals surface area contributed by atoms with E-state index >= 15 is 0 Å². The summed E-state index contributed by atoms with van der Waals surface area (Å²) in [6, 6.07) is 7.89. The molecule has 0 aliphatic rings. The van der Waals surface area contributed by atoms with Gasteiger partial charge in [0.2, 0.25) is 6.20 Å². The summed E-state index contributed by atoms with van der Waals surface area (Å²) >= 11 is 0. The highest BCUT2D eigenvalue weighted by Gasteiger charge is 2.00. The number of H-pyrrole nitrogens is 1. The third-order valence-corrected chi connectivity index (χ3v) is 2.24. The molecule has 0 atom stereocenters. The third kappa shape index (κ3) is 2.04. The number of rotatable bonds is 3. The molecule has 0 saturated carbocycles. The molecule has 0 bridgehead atoms. The van der Waals surface area contributed by atoms with Crippen molar-refractivity contribution in [3.63, 3.8) is 0 Å². The predicted octanol–water partition coefficient (Wildman–Crippen LogP) is 2.50. The zero-order chi connectivity index (χ0) is 10.7. The number of aromatic nitrogens is 1. The molecule has 4 heteroatoms. The number of hydrogen-bond acceptors (Lipinski definition) is 2. The molecule has 1 aromatic carbocycles. The fraction of sp³-hybridized carbons (Fsp3) is 0.0909. The van der Waals surface area contributed by atoms with Gasteiger partial charge in [0.15, 0.2) is 0 Å². The molecular formula is C11H10N2O2. The maximum Gasteiger partial charge on any atom is 0.230 e. The molecule has 15 heavy (non-hydrogen) atoms. The molecule has 1 heterocycles. The highest BCUT2D eigenvalue weighted by molar-refractivity contribution is 5.83. The summed E-state index contributed by atoms with van der Waals surface area (Å²) in [6.45, 7) is 0. The van der Waals surface area contributed by atoms with Crippen molar-refractivity contribution >= 4 is 10.9 Å². The zero-order valence-electron chi connectivity index (χ0n) is 8.01. The van der Waals surface area contributed by atoms with Gasteiger partial charge in [-0.1, -0.05) is 18.2 Å². The monoisotopic (exact) mass is 202 g/mol. The van der Waals surface area contributed by atoms with E-state index in [1.165, 1.54) is 0 Å². The molecule has 0 aliphatic carbocycles. The molecule has 2 aromatic rings. The van der Waals surface area contributed by atoms with E-state index in [9.17, 15) is 10.1 Å². The Labute approximate surface area is 86.4 Å². The van der Waals surface area contributed by atoms with Gasteiger partial charge in [-0.05, 0) is 24.1 Å². The zero-order valence-corrected chi connectivity index (χ0v) is 8.01. The minimum absolute atomic E-state index is 0.450. The lowest BCUT2D eigenvalue weighted by Gasteiger charge is -1.91. The number of hydrogen-bond donors (Lipinski definition) is 1. The van der Waals surface area contributed by atoms with Gasteiger partial charge < -0.3 is 4.98 Å². The quantitative estimate of drug-likeness (QED) is 0.614. The van der Waals surface area contributed by atoms with Gasteiger partial charge in [-0.3, -0.25) is 10.1 Å². The highest BCUT2D eigenvalue weighted by atomic mass is 16.6. The van der Waals surface area contributed by atoms with E-state index in [2.05, 4.69) is 4.98 Å². The van der Waals surface area contributed by atoms with Gasteiger partial charge in [-0.25, -0.2) is 0 Å². The van der Waals surface area contributed by atoms with E-state index in [1.54, 1.807) is 6.08 Å². The van der Waals surface area contributed by atoms with Crippen LogP contribution in [0.4, 0.5) is 0 Å². The van der Waals surface area contributed by atoms with Crippen LogP contribution >= 0.6 is 0 Å². The first-order valence-corrected chi connectivity index (χ1v) is 4.62. The van der Waals surface area contributed by atoms with E-state index in [-0.39, 0.29) is 0 Å². The molecule has 4 nitrogen and oxygen atoms in total. The minimum atomic E-state index is -0.450. The second-order valence-electron chi connectivity index (χ2n) is 3.23. The number of para-hydroxylation sites is 1. The Morgan fingerprint density at radius 1 is 1.40 bits per heavy atom. The first-order valence-electron chi connectivity index (χ1n) is 4.62. The van der Waals surface area contributed by atoms with Gasteiger partial charge in [0.1, 0.15) is 0 Å².